The molecule has 0 aromatic heterocycles. The molecule has 0 aliphatic rings. The summed E-state index contributed by atoms with van der Waals surface area (Å²) in [6.07, 6.45) is 3.33. The van der Waals surface area contributed by atoms with Gasteiger partial charge in [0.15, 0.2) is 0 Å². The Labute approximate surface area is 140 Å². The van der Waals surface area contributed by atoms with Gasteiger partial charge in [-0.25, -0.2) is 0 Å². The molecule has 2 aromatic rings. The second kappa shape index (κ2) is 8.73. The van der Waals surface area contributed by atoms with E-state index in [-0.39, 0.29) is 0 Å². The van der Waals surface area contributed by atoms with Crippen molar-refractivity contribution in [3.8, 4) is 5.75 Å². The third kappa shape index (κ3) is 5.40. The van der Waals surface area contributed by atoms with E-state index in [1.165, 1.54) is 22.3 Å². The Balaban J connectivity index is 1.79. The summed E-state index contributed by atoms with van der Waals surface area (Å²) in [7, 11) is 0. The third-order valence-corrected chi connectivity index (χ3v) is 4.36. The van der Waals surface area contributed by atoms with Crippen molar-refractivity contribution >= 4 is 0 Å². The first kappa shape index (κ1) is 17.6. The SMILES string of the molecule is Cc1cccc(OCCCCC(CN)c2cc(C)ccc2C)c1. The Morgan fingerprint density at radius 3 is 2.48 bits per heavy atom. The zero-order valence-corrected chi connectivity index (χ0v) is 14.6. The van der Waals surface area contributed by atoms with Crippen LogP contribution in [-0.4, -0.2) is 13.2 Å². The van der Waals surface area contributed by atoms with E-state index in [9.17, 15) is 0 Å². The van der Waals surface area contributed by atoms with E-state index < -0.39 is 0 Å². The van der Waals surface area contributed by atoms with Crippen molar-refractivity contribution in [2.75, 3.05) is 13.2 Å². The summed E-state index contributed by atoms with van der Waals surface area (Å²) in [5.74, 6) is 1.42. The third-order valence-electron chi connectivity index (χ3n) is 4.36. The molecule has 0 amide bonds. The molecule has 2 rings (SSSR count). The van der Waals surface area contributed by atoms with Crippen molar-refractivity contribution in [3.05, 3.63) is 64.7 Å². The van der Waals surface area contributed by atoms with E-state index >= 15 is 0 Å². The average Bonchev–Trinajstić information content (AvgIpc) is 2.54. The smallest absolute Gasteiger partial charge is 0.119 e. The molecule has 124 valence electrons. The summed E-state index contributed by atoms with van der Waals surface area (Å²) < 4.78 is 5.82. The first-order valence-electron chi connectivity index (χ1n) is 8.57. The summed E-state index contributed by atoms with van der Waals surface area (Å²) in [6, 6.07) is 14.9. The van der Waals surface area contributed by atoms with Gasteiger partial charge in [0.1, 0.15) is 5.75 Å². The number of unbranched alkanes of at least 4 members (excludes halogenated alkanes) is 1. The number of benzene rings is 2. The molecule has 0 radical (unpaired) electrons. The Morgan fingerprint density at radius 2 is 1.74 bits per heavy atom. The molecule has 2 aromatic carbocycles. The fourth-order valence-corrected chi connectivity index (χ4v) is 2.99. The van der Waals surface area contributed by atoms with E-state index in [1.54, 1.807) is 0 Å². The van der Waals surface area contributed by atoms with Gasteiger partial charge in [-0.1, -0.05) is 35.9 Å². The molecule has 0 aliphatic heterocycles. The highest BCUT2D eigenvalue weighted by molar-refractivity contribution is 5.33. The average molecular weight is 311 g/mol. The van der Waals surface area contributed by atoms with Crippen molar-refractivity contribution in [2.45, 2.75) is 46.0 Å². The van der Waals surface area contributed by atoms with E-state index in [0.29, 0.717) is 12.5 Å². The second-order valence-electron chi connectivity index (χ2n) is 6.45. The predicted octanol–water partition coefficient (Wildman–Crippen LogP) is 4.90. The van der Waals surface area contributed by atoms with E-state index in [0.717, 1.165) is 31.6 Å². The molecule has 0 fully saturated rings. The van der Waals surface area contributed by atoms with Gasteiger partial charge in [-0.05, 0) is 81.3 Å². The lowest BCUT2D eigenvalue weighted by atomic mass is 9.89. The van der Waals surface area contributed by atoms with Crippen LogP contribution in [-0.2, 0) is 0 Å². The highest BCUT2D eigenvalue weighted by Crippen LogP contribution is 2.25. The fourth-order valence-electron chi connectivity index (χ4n) is 2.99. The van der Waals surface area contributed by atoms with Gasteiger partial charge in [0, 0.05) is 0 Å². The summed E-state index contributed by atoms with van der Waals surface area (Å²) in [5.41, 5.74) is 11.3. The van der Waals surface area contributed by atoms with Crippen LogP contribution in [0.4, 0.5) is 0 Å². The number of hydrogen-bond acceptors (Lipinski definition) is 2. The van der Waals surface area contributed by atoms with Crippen molar-refractivity contribution in [1.82, 2.24) is 0 Å². The molecular formula is C21H29NO. The predicted molar refractivity (Wildman–Crippen MR) is 98.2 cm³/mol. The molecule has 1 atom stereocenters. The van der Waals surface area contributed by atoms with Crippen LogP contribution < -0.4 is 10.5 Å². The molecule has 0 heterocycles. The highest BCUT2D eigenvalue weighted by atomic mass is 16.5. The number of rotatable bonds is 8. The molecule has 1 unspecified atom stereocenters. The Morgan fingerprint density at radius 1 is 0.957 bits per heavy atom. The lowest BCUT2D eigenvalue weighted by Gasteiger charge is -2.18. The Kier molecular flexibility index (Phi) is 6.66. The fraction of sp³-hybridized carbons (Fsp3) is 0.429. The topological polar surface area (TPSA) is 35.2 Å². The second-order valence-corrected chi connectivity index (χ2v) is 6.45. The maximum atomic E-state index is 6.01. The summed E-state index contributed by atoms with van der Waals surface area (Å²) >= 11 is 0. The first-order chi connectivity index (χ1) is 11.1. The number of nitrogens with two attached hydrogens (primary N) is 1. The zero-order valence-electron chi connectivity index (χ0n) is 14.6. The Hall–Kier alpha value is -1.80. The van der Waals surface area contributed by atoms with Crippen molar-refractivity contribution < 1.29 is 4.74 Å². The summed E-state index contributed by atoms with van der Waals surface area (Å²) in [6.45, 7) is 7.89. The van der Waals surface area contributed by atoms with Crippen LogP contribution in [0.1, 0.15) is 47.4 Å². The van der Waals surface area contributed by atoms with Crippen molar-refractivity contribution in [2.24, 2.45) is 5.73 Å². The summed E-state index contributed by atoms with van der Waals surface area (Å²) in [4.78, 5) is 0. The van der Waals surface area contributed by atoms with Crippen molar-refractivity contribution in [3.63, 3.8) is 0 Å². The molecular weight excluding hydrogens is 282 g/mol. The first-order valence-corrected chi connectivity index (χ1v) is 8.57. The lowest BCUT2D eigenvalue weighted by Crippen LogP contribution is -2.14. The van der Waals surface area contributed by atoms with Crippen LogP contribution in [0, 0.1) is 20.8 Å². The largest absolute Gasteiger partial charge is 0.494 e. The quantitative estimate of drug-likeness (QED) is 0.703. The van der Waals surface area contributed by atoms with Gasteiger partial charge >= 0.3 is 0 Å². The molecule has 0 saturated carbocycles. The van der Waals surface area contributed by atoms with Gasteiger partial charge in [-0.15, -0.1) is 0 Å². The van der Waals surface area contributed by atoms with E-state index in [4.69, 9.17) is 10.5 Å². The summed E-state index contributed by atoms with van der Waals surface area (Å²) in [5, 5.41) is 0. The minimum absolute atomic E-state index is 0.453. The Bertz CT molecular complexity index is 621. The van der Waals surface area contributed by atoms with Crippen LogP contribution in [0.5, 0.6) is 5.75 Å². The van der Waals surface area contributed by atoms with Crippen LogP contribution in [0.15, 0.2) is 42.5 Å². The van der Waals surface area contributed by atoms with Crippen LogP contribution in [0.2, 0.25) is 0 Å². The van der Waals surface area contributed by atoms with Crippen LogP contribution in [0.25, 0.3) is 0 Å². The molecule has 23 heavy (non-hydrogen) atoms. The molecule has 2 heteroatoms. The molecule has 0 bridgehead atoms. The number of hydrogen-bond donors (Lipinski definition) is 1. The lowest BCUT2D eigenvalue weighted by molar-refractivity contribution is 0.303. The minimum Gasteiger partial charge on any atom is -0.494 e. The monoisotopic (exact) mass is 311 g/mol. The van der Waals surface area contributed by atoms with Gasteiger partial charge in [0.25, 0.3) is 0 Å². The van der Waals surface area contributed by atoms with E-state index in [2.05, 4.69) is 51.1 Å². The standard InChI is InChI=1S/C21H29NO/c1-16-7-6-9-20(13-16)23-12-5-4-8-19(15-22)21-14-17(2)10-11-18(21)3/h6-7,9-11,13-14,19H,4-5,8,12,15,22H2,1-3H3. The molecule has 2 nitrogen and oxygen atoms in total. The zero-order chi connectivity index (χ0) is 16.7. The molecule has 0 aliphatic carbocycles. The van der Waals surface area contributed by atoms with Gasteiger partial charge in [0.2, 0.25) is 0 Å². The number of aryl methyl sites for hydroxylation is 3. The minimum atomic E-state index is 0.453. The maximum Gasteiger partial charge on any atom is 0.119 e. The van der Waals surface area contributed by atoms with Gasteiger partial charge < -0.3 is 10.5 Å². The highest BCUT2D eigenvalue weighted by Gasteiger charge is 2.12. The van der Waals surface area contributed by atoms with Crippen molar-refractivity contribution in [1.29, 1.82) is 0 Å². The van der Waals surface area contributed by atoms with Crippen LogP contribution >= 0.6 is 0 Å². The molecule has 2 N–H and O–H groups in total. The van der Waals surface area contributed by atoms with Gasteiger partial charge in [-0.2, -0.15) is 0 Å². The van der Waals surface area contributed by atoms with Gasteiger partial charge in [0.05, 0.1) is 6.61 Å². The normalized spacial score (nSPS) is 12.2. The maximum absolute atomic E-state index is 6.01. The van der Waals surface area contributed by atoms with Gasteiger partial charge in [-0.3, -0.25) is 0 Å². The van der Waals surface area contributed by atoms with Crippen LogP contribution in [0.3, 0.4) is 0 Å². The van der Waals surface area contributed by atoms with E-state index in [1.807, 2.05) is 12.1 Å². The molecule has 0 spiro atoms. The number of ether oxygens (including phenoxy) is 1. The molecule has 0 saturated heterocycles.